The summed E-state index contributed by atoms with van der Waals surface area (Å²) in [5.74, 6) is -0.346. The average Bonchev–Trinajstić information content (AvgIpc) is 2.61. The Bertz CT molecular complexity index is 284. The fourth-order valence-electron chi connectivity index (χ4n) is 3.04. The zero-order valence-corrected chi connectivity index (χ0v) is 9.45. The lowest BCUT2D eigenvalue weighted by Gasteiger charge is -2.25. The Morgan fingerprint density at radius 3 is 2.62 bits per heavy atom. The smallest absolute Gasteiger partial charge is 0.326 e. The summed E-state index contributed by atoms with van der Waals surface area (Å²) >= 11 is 0. The van der Waals surface area contributed by atoms with Gasteiger partial charge in [-0.2, -0.15) is 0 Å². The van der Waals surface area contributed by atoms with Crippen molar-refractivity contribution in [3.63, 3.8) is 0 Å². The van der Waals surface area contributed by atoms with E-state index in [4.69, 9.17) is 5.11 Å². The lowest BCUT2D eigenvalue weighted by molar-refractivity contribution is -0.141. The first-order valence-corrected chi connectivity index (χ1v) is 6.19. The zero-order chi connectivity index (χ0) is 11.5. The fraction of sp³-hybridized carbons (Fsp3) is 0.833. The molecule has 4 heteroatoms. The quantitative estimate of drug-likeness (QED) is 0.765. The summed E-state index contributed by atoms with van der Waals surface area (Å²) in [5, 5.41) is 11.6. The molecule has 0 aromatic rings. The van der Waals surface area contributed by atoms with Crippen LogP contribution in [0.1, 0.15) is 44.9 Å². The van der Waals surface area contributed by atoms with Gasteiger partial charge >= 0.3 is 5.97 Å². The second kappa shape index (κ2) is 4.85. The number of rotatable bonds is 3. The summed E-state index contributed by atoms with van der Waals surface area (Å²) in [6.45, 7) is 0. The van der Waals surface area contributed by atoms with Crippen LogP contribution < -0.4 is 5.32 Å². The van der Waals surface area contributed by atoms with Gasteiger partial charge in [-0.15, -0.1) is 0 Å². The molecular formula is C12H19NO3. The number of aliphatic carboxylic acids is 1. The van der Waals surface area contributed by atoms with Crippen LogP contribution in [0.25, 0.3) is 0 Å². The van der Waals surface area contributed by atoms with Crippen molar-refractivity contribution in [3.8, 4) is 0 Å². The molecule has 2 N–H and O–H groups in total. The Hall–Kier alpha value is -1.06. The van der Waals surface area contributed by atoms with E-state index in [1.807, 2.05) is 0 Å². The van der Waals surface area contributed by atoms with Crippen LogP contribution in [-0.2, 0) is 9.59 Å². The van der Waals surface area contributed by atoms with Gasteiger partial charge in [-0.3, -0.25) is 4.79 Å². The molecule has 0 spiro atoms. The van der Waals surface area contributed by atoms with Crippen molar-refractivity contribution in [1.82, 2.24) is 5.32 Å². The highest BCUT2D eigenvalue weighted by Gasteiger charge is 2.38. The third kappa shape index (κ3) is 2.54. The van der Waals surface area contributed by atoms with Crippen molar-refractivity contribution in [2.75, 3.05) is 0 Å². The van der Waals surface area contributed by atoms with Crippen LogP contribution >= 0.6 is 0 Å². The van der Waals surface area contributed by atoms with E-state index in [1.165, 1.54) is 32.1 Å². The first-order valence-electron chi connectivity index (χ1n) is 6.19. The maximum Gasteiger partial charge on any atom is 0.326 e. The second-order valence-electron chi connectivity index (χ2n) is 5.09. The number of carboxylic acids is 1. The lowest BCUT2D eigenvalue weighted by Crippen LogP contribution is -2.37. The van der Waals surface area contributed by atoms with E-state index in [0.29, 0.717) is 12.3 Å². The van der Waals surface area contributed by atoms with E-state index in [2.05, 4.69) is 5.32 Å². The molecule has 1 saturated carbocycles. The standard InChI is InChI=1S/C12H19NO3/c14-10-7-9(11(13-10)12(15)16)6-8-4-2-1-3-5-8/h8-9,11H,1-7H2,(H,13,14)(H,15,16). The molecule has 1 aliphatic carbocycles. The summed E-state index contributed by atoms with van der Waals surface area (Å²) in [4.78, 5) is 22.2. The monoisotopic (exact) mass is 225 g/mol. The number of hydrogen-bond acceptors (Lipinski definition) is 2. The molecule has 1 amide bonds. The van der Waals surface area contributed by atoms with Crippen LogP contribution in [0.2, 0.25) is 0 Å². The third-order valence-electron chi connectivity index (χ3n) is 3.86. The molecule has 0 aromatic carbocycles. The van der Waals surface area contributed by atoms with Gasteiger partial charge in [0.2, 0.25) is 5.91 Å². The van der Waals surface area contributed by atoms with Crippen molar-refractivity contribution in [1.29, 1.82) is 0 Å². The van der Waals surface area contributed by atoms with E-state index < -0.39 is 12.0 Å². The van der Waals surface area contributed by atoms with E-state index >= 15 is 0 Å². The minimum absolute atomic E-state index is 0.00750. The number of hydrogen-bond donors (Lipinski definition) is 2. The SMILES string of the molecule is O=C1CC(CC2CCCCC2)C(C(=O)O)N1. The highest BCUT2D eigenvalue weighted by Crippen LogP contribution is 2.33. The largest absolute Gasteiger partial charge is 0.480 e. The van der Waals surface area contributed by atoms with E-state index in [1.54, 1.807) is 0 Å². The zero-order valence-electron chi connectivity index (χ0n) is 9.45. The lowest BCUT2D eigenvalue weighted by atomic mass is 9.80. The predicted octanol–water partition coefficient (Wildman–Crippen LogP) is 1.55. The number of carbonyl (C=O) groups is 2. The van der Waals surface area contributed by atoms with Crippen LogP contribution in [0.5, 0.6) is 0 Å². The second-order valence-corrected chi connectivity index (χ2v) is 5.09. The fourth-order valence-corrected chi connectivity index (χ4v) is 3.04. The van der Waals surface area contributed by atoms with Gasteiger partial charge < -0.3 is 10.4 Å². The van der Waals surface area contributed by atoms with E-state index in [9.17, 15) is 9.59 Å². The summed E-state index contributed by atoms with van der Waals surface area (Å²) in [6, 6.07) is -0.644. The molecule has 1 saturated heterocycles. The minimum Gasteiger partial charge on any atom is -0.480 e. The van der Waals surface area contributed by atoms with E-state index in [-0.39, 0.29) is 11.8 Å². The Balaban J connectivity index is 1.91. The number of carboxylic acid groups (broad SMARTS) is 1. The molecule has 2 fully saturated rings. The average molecular weight is 225 g/mol. The predicted molar refractivity (Wildman–Crippen MR) is 58.9 cm³/mol. The Morgan fingerprint density at radius 2 is 2.00 bits per heavy atom. The molecule has 0 bridgehead atoms. The summed E-state index contributed by atoms with van der Waals surface area (Å²) in [5.41, 5.74) is 0. The van der Waals surface area contributed by atoms with Crippen LogP contribution in [0, 0.1) is 11.8 Å². The normalized spacial score (nSPS) is 31.4. The van der Waals surface area contributed by atoms with Crippen LogP contribution in [0.15, 0.2) is 0 Å². The summed E-state index contributed by atoms with van der Waals surface area (Å²) in [7, 11) is 0. The van der Waals surface area contributed by atoms with Gasteiger partial charge in [0.1, 0.15) is 6.04 Å². The highest BCUT2D eigenvalue weighted by atomic mass is 16.4. The summed E-state index contributed by atoms with van der Waals surface area (Å²) < 4.78 is 0. The molecule has 2 atom stereocenters. The van der Waals surface area contributed by atoms with E-state index in [0.717, 1.165) is 6.42 Å². The first-order chi connectivity index (χ1) is 7.66. The van der Waals surface area contributed by atoms with Crippen LogP contribution in [0.4, 0.5) is 0 Å². The molecule has 2 rings (SSSR count). The van der Waals surface area contributed by atoms with Crippen molar-refractivity contribution in [3.05, 3.63) is 0 Å². The molecular weight excluding hydrogens is 206 g/mol. The molecule has 2 aliphatic rings. The molecule has 1 aliphatic heterocycles. The first kappa shape index (κ1) is 11.4. The van der Waals surface area contributed by atoms with Crippen molar-refractivity contribution in [2.45, 2.75) is 51.0 Å². The maximum absolute atomic E-state index is 11.2. The molecule has 4 nitrogen and oxygen atoms in total. The number of nitrogens with one attached hydrogen (secondary N) is 1. The maximum atomic E-state index is 11.2. The minimum atomic E-state index is -0.883. The Morgan fingerprint density at radius 1 is 1.31 bits per heavy atom. The van der Waals surface area contributed by atoms with Gasteiger partial charge in [-0.25, -0.2) is 4.79 Å². The van der Waals surface area contributed by atoms with Gasteiger partial charge in [0.15, 0.2) is 0 Å². The number of amides is 1. The molecule has 0 aromatic heterocycles. The third-order valence-corrected chi connectivity index (χ3v) is 3.86. The van der Waals surface area contributed by atoms with Gasteiger partial charge in [0.05, 0.1) is 0 Å². The molecule has 2 unspecified atom stereocenters. The van der Waals surface area contributed by atoms with Crippen molar-refractivity contribution >= 4 is 11.9 Å². The van der Waals surface area contributed by atoms with Gasteiger partial charge in [-0.05, 0) is 18.3 Å². The summed E-state index contributed by atoms with van der Waals surface area (Å²) in [6.07, 6.45) is 7.53. The molecule has 16 heavy (non-hydrogen) atoms. The molecule has 90 valence electrons. The highest BCUT2D eigenvalue weighted by molar-refractivity contribution is 5.87. The Kier molecular flexibility index (Phi) is 3.46. The molecule has 0 radical (unpaired) electrons. The van der Waals surface area contributed by atoms with Gasteiger partial charge in [0.25, 0.3) is 0 Å². The van der Waals surface area contributed by atoms with Gasteiger partial charge in [-0.1, -0.05) is 32.1 Å². The molecule has 1 heterocycles. The van der Waals surface area contributed by atoms with Crippen LogP contribution in [-0.4, -0.2) is 23.0 Å². The van der Waals surface area contributed by atoms with Crippen LogP contribution in [0.3, 0.4) is 0 Å². The van der Waals surface area contributed by atoms with Crippen molar-refractivity contribution < 1.29 is 14.7 Å². The topological polar surface area (TPSA) is 66.4 Å². The van der Waals surface area contributed by atoms with Crippen molar-refractivity contribution in [2.24, 2.45) is 11.8 Å². The Labute approximate surface area is 95.4 Å². The number of carbonyl (C=O) groups excluding carboxylic acids is 1. The van der Waals surface area contributed by atoms with Gasteiger partial charge in [0, 0.05) is 6.42 Å².